The molecule has 0 amide bonds. The number of anilines is 1. The summed E-state index contributed by atoms with van der Waals surface area (Å²) in [6.45, 7) is 1.81. The van der Waals surface area contributed by atoms with Crippen LogP contribution < -0.4 is 4.90 Å². The minimum absolute atomic E-state index is 0.217. The molecule has 106 valence electrons. The molecule has 1 aliphatic heterocycles. The summed E-state index contributed by atoms with van der Waals surface area (Å²) in [5, 5.41) is 0. The molecule has 0 radical (unpaired) electrons. The molecule has 19 heavy (non-hydrogen) atoms. The first-order valence-corrected chi connectivity index (χ1v) is 8.12. The Morgan fingerprint density at radius 1 is 1.47 bits per heavy atom. The lowest BCUT2D eigenvalue weighted by Crippen LogP contribution is -2.23. The molecule has 5 nitrogen and oxygen atoms in total. The summed E-state index contributed by atoms with van der Waals surface area (Å²) in [5.74, 6) is 1.96. The van der Waals surface area contributed by atoms with Gasteiger partial charge in [0.05, 0.1) is 0 Å². The van der Waals surface area contributed by atoms with E-state index in [1.807, 2.05) is 0 Å². The average Bonchev–Trinajstić information content (AvgIpc) is 2.87. The van der Waals surface area contributed by atoms with Gasteiger partial charge < -0.3 is 4.90 Å². The van der Waals surface area contributed by atoms with E-state index in [9.17, 15) is 8.42 Å². The Morgan fingerprint density at radius 3 is 2.68 bits per heavy atom. The fourth-order valence-corrected chi connectivity index (χ4v) is 3.19. The van der Waals surface area contributed by atoms with Crippen LogP contribution in [-0.2, 0) is 10.0 Å². The number of pyridine rings is 1. The summed E-state index contributed by atoms with van der Waals surface area (Å²) in [7, 11) is -0.384. The highest BCUT2D eigenvalue weighted by Crippen LogP contribution is 2.24. The molecule has 1 fully saturated rings. The molecule has 2 rings (SSSR count). The summed E-state index contributed by atoms with van der Waals surface area (Å²) in [6.07, 6.45) is 2.47. The lowest BCUT2D eigenvalue weighted by molar-refractivity contribution is 0.520. The Labute approximate surface area is 119 Å². The molecule has 1 aliphatic rings. The van der Waals surface area contributed by atoms with Gasteiger partial charge in [0.2, 0.25) is 10.0 Å². The van der Waals surface area contributed by atoms with Crippen LogP contribution in [0.25, 0.3) is 0 Å². The van der Waals surface area contributed by atoms with Crippen molar-refractivity contribution in [1.29, 1.82) is 0 Å². The summed E-state index contributed by atoms with van der Waals surface area (Å²) in [5.41, 5.74) is 0. The third kappa shape index (κ3) is 3.01. The van der Waals surface area contributed by atoms with Gasteiger partial charge in [0.25, 0.3) is 0 Å². The number of sulfonamides is 1. The van der Waals surface area contributed by atoms with E-state index >= 15 is 0 Å². The second-order valence-corrected chi connectivity index (χ2v) is 7.35. The lowest BCUT2D eigenvalue weighted by Gasteiger charge is -2.18. The largest absolute Gasteiger partial charge is 0.356 e. The SMILES string of the molecule is CN(C)S(=O)(=O)c1ccc(N2CCC(CCl)C2)nc1. The number of alkyl halides is 1. The smallest absolute Gasteiger partial charge is 0.244 e. The van der Waals surface area contributed by atoms with Crippen LogP contribution in [0, 0.1) is 5.92 Å². The molecule has 0 spiro atoms. The molecule has 1 atom stereocenters. The van der Waals surface area contributed by atoms with Gasteiger partial charge in [-0.25, -0.2) is 17.7 Å². The normalized spacial score (nSPS) is 20.2. The van der Waals surface area contributed by atoms with Crippen LogP contribution in [0.4, 0.5) is 5.82 Å². The van der Waals surface area contributed by atoms with E-state index in [4.69, 9.17) is 11.6 Å². The van der Waals surface area contributed by atoms with Crippen molar-refractivity contribution < 1.29 is 8.42 Å². The predicted molar refractivity (Wildman–Crippen MR) is 76.1 cm³/mol. The number of hydrogen-bond donors (Lipinski definition) is 0. The molecule has 1 saturated heterocycles. The standard InChI is InChI=1S/C12H18ClN3O2S/c1-15(2)19(17,18)11-3-4-12(14-8-11)16-6-5-10(7-13)9-16/h3-4,8,10H,5-7,9H2,1-2H3. The maximum atomic E-state index is 11.9. The highest BCUT2D eigenvalue weighted by Gasteiger charge is 2.23. The van der Waals surface area contributed by atoms with Crippen molar-refractivity contribution in [3.8, 4) is 0 Å². The minimum Gasteiger partial charge on any atom is -0.356 e. The minimum atomic E-state index is -3.40. The maximum Gasteiger partial charge on any atom is 0.244 e. The molecular weight excluding hydrogens is 286 g/mol. The highest BCUT2D eigenvalue weighted by atomic mass is 35.5. The van der Waals surface area contributed by atoms with Gasteiger partial charge in [-0.15, -0.1) is 11.6 Å². The number of nitrogens with zero attached hydrogens (tertiary/aromatic N) is 3. The molecule has 0 bridgehead atoms. The second-order valence-electron chi connectivity index (χ2n) is 4.89. The monoisotopic (exact) mass is 303 g/mol. The van der Waals surface area contributed by atoms with Crippen LogP contribution in [0.1, 0.15) is 6.42 Å². The fourth-order valence-electron chi connectivity index (χ4n) is 2.09. The number of halogens is 1. The highest BCUT2D eigenvalue weighted by molar-refractivity contribution is 7.89. The van der Waals surface area contributed by atoms with E-state index < -0.39 is 10.0 Å². The van der Waals surface area contributed by atoms with Crippen LogP contribution in [0.5, 0.6) is 0 Å². The van der Waals surface area contributed by atoms with Gasteiger partial charge in [-0.3, -0.25) is 0 Å². The topological polar surface area (TPSA) is 53.5 Å². The molecular formula is C12H18ClN3O2S. The number of aromatic nitrogens is 1. The average molecular weight is 304 g/mol. The van der Waals surface area contributed by atoms with Crippen LogP contribution >= 0.6 is 11.6 Å². The maximum absolute atomic E-state index is 11.9. The quantitative estimate of drug-likeness (QED) is 0.789. The van der Waals surface area contributed by atoms with E-state index in [1.54, 1.807) is 12.1 Å². The third-order valence-electron chi connectivity index (χ3n) is 3.33. The van der Waals surface area contributed by atoms with E-state index in [0.29, 0.717) is 11.8 Å². The second kappa shape index (κ2) is 5.64. The molecule has 1 aromatic heterocycles. The first-order chi connectivity index (χ1) is 8.95. The zero-order chi connectivity index (χ0) is 14.0. The first-order valence-electron chi connectivity index (χ1n) is 6.14. The first kappa shape index (κ1) is 14.6. The van der Waals surface area contributed by atoms with E-state index in [0.717, 1.165) is 25.3 Å². The van der Waals surface area contributed by atoms with Gasteiger partial charge in [-0.2, -0.15) is 0 Å². The van der Waals surface area contributed by atoms with Crippen LogP contribution in [-0.4, -0.2) is 50.8 Å². The third-order valence-corrected chi connectivity index (χ3v) is 5.56. The van der Waals surface area contributed by atoms with Crippen molar-refractivity contribution in [2.24, 2.45) is 5.92 Å². The Kier molecular flexibility index (Phi) is 4.32. The van der Waals surface area contributed by atoms with Gasteiger partial charge in [-0.05, 0) is 24.5 Å². The summed E-state index contributed by atoms with van der Waals surface area (Å²) in [6, 6.07) is 3.36. The predicted octanol–water partition coefficient (Wildman–Crippen LogP) is 1.40. The Hall–Kier alpha value is -0.850. The number of hydrogen-bond acceptors (Lipinski definition) is 4. The molecule has 7 heteroatoms. The zero-order valence-corrected chi connectivity index (χ0v) is 12.7. The van der Waals surface area contributed by atoms with E-state index in [-0.39, 0.29) is 4.90 Å². The zero-order valence-electron chi connectivity index (χ0n) is 11.1. The molecule has 0 aromatic carbocycles. The van der Waals surface area contributed by atoms with Crippen molar-refractivity contribution >= 4 is 27.4 Å². The van der Waals surface area contributed by atoms with Crippen molar-refractivity contribution in [3.05, 3.63) is 18.3 Å². The summed E-state index contributed by atoms with van der Waals surface area (Å²) in [4.78, 5) is 6.61. The van der Waals surface area contributed by atoms with Gasteiger partial charge >= 0.3 is 0 Å². The number of rotatable bonds is 4. The van der Waals surface area contributed by atoms with Gasteiger partial charge in [-0.1, -0.05) is 0 Å². The van der Waals surface area contributed by atoms with Gasteiger partial charge in [0.15, 0.2) is 0 Å². The molecule has 2 heterocycles. The molecule has 0 aliphatic carbocycles. The molecule has 0 N–H and O–H groups in total. The Bertz CT molecular complexity index is 530. The molecule has 1 unspecified atom stereocenters. The summed E-state index contributed by atoms with van der Waals surface area (Å²) >= 11 is 5.85. The van der Waals surface area contributed by atoms with Crippen LogP contribution in [0.2, 0.25) is 0 Å². The molecule has 1 aromatic rings. The van der Waals surface area contributed by atoms with Crippen molar-refractivity contribution in [3.63, 3.8) is 0 Å². The summed E-state index contributed by atoms with van der Waals surface area (Å²) < 4.78 is 25.0. The Balaban J connectivity index is 2.16. The van der Waals surface area contributed by atoms with Crippen molar-refractivity contribution in [1.82, 2.24) is 9.29 Å². The lowest BCUT2D eigenvalue weighted by atomic mass is 10.2. The Morgan fingerprint density at radius 2 is 2.21 bits per heavy atom. The van der Waals surface area contributed by atoms with Crippen molar-refractivity contribution in [2.45, 2.75) is 11.3 Å². The van der Waals surface area contributed by atoms with E-state index in [1.165, 1.54) is 24.6 Å². The van der Waals surface area contributed by atoms with Crippen LogP contribution in [0.3, 0.4) is 0 Å². The van der Waals surface area contributed by atoms with Gasteiger partial charge in [0, 0.05) is 39.3 Å². The van der Waals surface area contributed by atoms with Crippen molar-refractivity contribution in [2.75, 3.05) is 38.0 Å². The van der Waals surface area contributed by atoms with Gasteiger partial charge in [0.1, 0.15) is 10.7 Å². The van der Waals surface area contributed by atoms with E-state index in [2.05, 4.69) is 9.88 Å². The fraction of sp³-hybridized carbons (Fsp3) is 0.583. The molecule has 0 saturated carbocycles. The van der Waals surface area contributed by atoms with Crippen LogP contribution in [0.15, 0.2) is 23.2 Å².